The third kappa shape index (κ3) is 5.21. The predicted molar refractivity (Wildman–Crippen MR) is 148 cm³/mol. The number of carbonyl (C=O) groups excluding carboxylic acids is 2. The zero-order valence-electron chi connectivity index (χ0n) is 22.0. The van der Waals surface area contributed by atoms with Crippen LogP contribution in [0.4, 0.5) is 24.7 Å². The highest BCUT2D eigenvalue weighted by Gasteiger charge is 2.31. The Morgan fingerprint density at radius 2 is 1.71 bits per heavy atom. The van der Waals surface area contributed by atoms with Crippen molar-refractivity contribution in [2.24, 2.45) is 5.92 Å². The Hall–Kier alpha value is -5.39. The Balaban J connectivity index is 1.19. The van der Waals surface area contributed by atoms with Crippen molar-refractivity contribution in [2.75, 3.05) is 10.6 Å². The molecule has 0 radical (unpaired) electrons. The van der Waals surface area contributed by atoms with Gasteiger partial charge >= 0.3 is 0 Å². The van der Waals surface area contributed by atoms with E-state index in [1.54, 1.807) is 13.0 Å². The third-order valence-electron chi connectivity index (χ3n) is 6.75. The first-order valence-corrected chi connectivity index (χ1v) is 12.9. The lowest BCUT2D eigenvalue weighted by Gasteiger charge is -2.13. The average Bonchev–Trinajstić information content (AvgIpc) is 3.77. The van der Waals surface area contributed by atoms with Gasteiger partial charge in [0.25, 0.3) is 11.5 Å². The van der Waals surface area contributed by atoms with Crippen molar-refractivity contribution in [2.45, 2.75) is 19.8 Å². The number of carbonyl (C=O) groups is 2. The van der Waals surface area contributed by atoms with Gasteiger partial charge < -0.3 is 15.4 Å². The highest BCUT2D eigenvalue weighted by atomic mass is 19.1. The van der Waals surface area contributed by atoms with Gasteiger partial charge in [-0.1, -0.05) is 0 Å². The van der Waals surface area contributed by atoms with Crippen LogP contribution in [0.1, 0.15) is 28.9 Å². The van der Waals surface area contributed by atoms with E-state index in [0.717, 1.165) is 23.3 Å². The maximum absolute atomic E-state index is 14.9. The molecule has 0 aliphatic heterocycles. The number of halogens is 3. The molecule has 2 amide bonds. The molecule has 42 heavy (non-hydrogen) atoms. The van der Waals surface area contributed by atoms with Gasteiger partial charge in [0.15, 0.2) is 17.4 Å². The Kier molecular flexibility index (Phi) is 6.73. The van der Waals surface area contributed by atoms with E-state index in [0.29, 0.717) is 11.4 Å². The molecule has 6 rings (SSSR count). The summed E-state index contributed by atoms with van der Waals surface area (Å²) in [5, 5.41) is 4.97. The van der Waals surface area contributed by atoms with Gasteiger partial charge in [0.1, 0.15) is 22.8 Å². The molecule has 0 unspecified atom stereocenters. The SMILES string of the molecule is Cc1ccc(C(=O)Nc2ccc(Oc3ccc4nc(NC(=O)C5CC5)c(F)n4c3)c(F)c2)c(=O)n1-c1ccc(F)cc1. The number of pyridine rings is 2. The van der Waals surface area contributed by atoms with Gasteiger partial charge in [-0.25, -0.2) is 13.8 Å². The van der Waals surface area contributed by atoms with Crippen molar-refractivity contribution in [1.29, 1.82) is 0 Å². The van der Waals surface area contributed by atoms with Gasteiger partial charge in [0.05, 0.1) is 6.20 Å². The van der Waals surface area contributed by atoms with Gasteiger partial charge in [0.2, 0.25) is 11.9 Å². The molecule has 2 aromatic carbocycles. The number of hydrogen-bond acceptors (Lipinski definition) is 5. The summed E-state index contributed by atoms with van der Waals surface area (Å²) >= 11 is 0. The summed E-state index contributed by atoms with van der Waals surface area (Å²) in [5.41, 5.74) is 0.369. The number of nitrogens with one attached hydrogen (secondary N) is 2. The molecule has 1 fully saturated rings. The molecule has 2 N–H and O–H groups in total. The van der Waals surface area contributed by atoms with Gasteiger partial charge in [0, 0.05) is 29.1 Å². The van der Waals surface area contributed by atoms with E-state index in [4.69, 9.17) is 4.74 Å². The number of amides is 2. The quantitative estimate of drug-likeness (QED) is 0.264. The highest BCUT2D eigenvalue weighted by Crippen LogP contribution is 2.31. The molecule has 3 aromatic heterocycles. The normalized spacial score (nSPS) is 12.8. The van der Waals surface area contributed by atoms with Crippen LogP contribution in [0, 0.1) is 30.4 Å². The van der Waals surface area contributed by atoms with Crippen molar-refractivity contribution in [3.8, 4) is 17.2 Å². The maximum atomic E-state index is 14.9. The lowest BCUT2D eigenvalue weighted by molar-refractivity contribution is -0.117. The molecule has 3 heterocycles. The number of fused-ring (bicyclic) bond motifs is 1. The van der Waals surface area contributed by atoms with E-state index >= 15 is 0 Å². The number of benzene rings is 2. The minimum absolute atomic E-state index is 0.0605. The van der Waals surface area contributed by atoms with Crippen LogP contribution in [-0.4, -0.2) is 25.8 Å². The molecule has 9 nitrogen and oxygen atoms in total. The van der Waals surface area contributed by atoms with Crippen LogP contribution in [0.3, 0.4) is 0 Å². The second-order valence-corrected chi connectivity index (χ2v) is 9.81. The van der Waals surface area contributed by atoms with Crippen molar-refractivity contribution >= 4 is 29.0 Å². The molecule has 1 aliphatic rings. The zero-order valence-corrected chi connectivity index (χ0v) is 22.0. The van der Waals surface area contributed by atoms with Crippen molar-refractivity contribution in [3.63, 3.8) is 0 Å². The number of imidazole rings is 1. The minimum atomic E-state index is -0.830. The second kappa shape index (κ2) is 10.5. The molecule has 1 saturated carbocycles. The van der Waals surface area contributed by atoms with Crippen LogP contribution in [0.5, 0.6) is 11.5 Å². The average molecular weight is 574 g/mol. The molecule has 5 aromatic rings. The van der Waals surface area contributed by atoms with Crippen molar-refractivity contribution < 1.29 is 27.5 Å². The summed E-state index contributed by atoms with van der Waals surface area (Å²) in [6, 6.07) is 14.8. The Morgan fingerprint density at radius 3 is 2.43 bits per heavy atom. The number of hydrogen-bond donors (Lipinski definition) is 2. The number of nitrogens with zero attached hydrogens (tertiary/aromatic N) is 3. The van der Waals surface area contributed by atoms with Crippen LogP contribution in [0.15, 0.2) is 77.7 Å². The Labute approximate surface area is 236 Å². The summed E-state index contributed by atoms with van der Waals surface area (Å²) in [6.07, 6.45) is 2.79. The van der Waals surface area contributed by atoms with Crippen molar-refractivity contribution in [1.82, 2.24) is 14.0 Å². The van der Waals surface area contributed by atoms with Crippen LogP contribution in [0.2, 0.25) is 0 Å². The van der Waals surface area contributed by atoms with E-state index in [1.165, 1.54) is 65.4 Å². The number of ether oxygens (including phenoxy) is 1. The fourth-order valence-electron chi connectivity index (χ4n) is 4.40. The Morgan fingerprint density at radius 1 is 0.952 bits per heavy atom. The van der Waals surface area contributed by atoms with Crippen LogP contribution < -0.4 is 20.9 Å². The van der Waals surface area contributed by atoms with Gasteiger partial charge in [-0.3, -0.25) is 23.4 Å². The lowest BCUT2D eigenvalue weighted by Crippen LogP contribution is -2.29. The molecular weight excluding hydrogens is 551 g/mol. The van der Waals surface area contributed by atoms with Gasteiger partial charge in [-0.15, -0.1) is 0 Å². The maximum Gasteiger partial charge on any atom is 0.268 e. The second-order valence-electron chi connectivity index (χ2n) is 9.81. The summed E-state index contributed by atoms with van der Waals surface area (Å²) in [4.78, 5) is 42.1. The third-order valence-corrected chi connectivity index (χ3v) is 6.75. The molecule has 1 aliphatic carbocycles. The monoisotopic (exact) mass is 573 g/mol. The van der Waals surface area contributed by atoms with Crippen LogP contribution in [-0.2, 0) is 4.79 Å². The van der Waals surface area contributed by atoms with Crippen molar-refractivity contribution in [3.05, 3.63) is 112 Å². The van der Waals surface area contributed by atoms with Gasteiger partial charge in [-0.05, 0) is 80.4 Å². The van der Waals surface area contributed by atoms with E-state index in [9.17, 15) is 27.6 Å². The minimum Gasteiger partial charge on any atom is -0.453 e. The topological polar surface area (TPSA) is 107 Å². The highest BCUT2D eigenvalue weighted by molar-refractivity contribution is 6.04. The molecule has 0 atom stereocenters. The molecule has 0 saturated heterocycles. The summed E-state index contributed by atoms with van der Waals surface area (Å²) < 4.78 is 51.1. The summed E-state index contributed by atoms with van der Waals surface area (Å²) in [5.74, 6) is -3.58. The molecular formula is C30H22F3N5O4. The van der Waals surface area contributed by atoms with Crippen LogP contribution >= 0.6 is 0 Å². The first-order chi connectivity index (χ1) is 20.2. The molecule has 0 bridgehead atoms. The number of rotatable bonds is 7. The predicted octanol–water partition coefficient (Wildman–Crippen LogP) is 5.60. The van der Waals surface area contributed by atoms with E-state index in [1.807, 2.05) is 0 Å². The number of aryl methyl sites for hydroxylation is 1. The number of aromatic nitrogens is 3. The van der Waals surface area contributed by atoms with E-state index < -0.39 is 29.0 Å². The molecule has 12 heteroatoms. The van der Waals surface area contributed by atoms with E-state index in [2.05, 4.69) is 15.6 Å². The smallest absolute Gasteiger partial charge is 0.268 e. The molecule has 212 valence electrons. The summed E-state index contributed by atoms with van der Waals surface area (Å²) in [7, 11) is 0. The van der Waals surface area contributed by atoms with Gasteiger partial charge in [-0.2, -0.15) is 4.39 Å². The van der Waals surface area contributed by atoms with Crippen LogP contribution in [0.25, 0.3) is 11.3 Å². The largest absolute Gasteiger partial charge is 0.453 e. The standard InChI is InChI=1S/C30H22F3N5O4/c1-16-2-11-22(30(41)38(16)20-8-5-18(31)6-9-20)29(40)34-19-7-12-24(23(32)14-19)42-21-10-13-25-35-27(26(33)37(25)15-21)36-28(39)17-3-4-17/h2,5-15,17H,3-4H2,1H3,(H,34,40)(H,36,39). The summed E-state index contributed by atoms with van der Waals surface area (Å²) in [6.45, 7) is 1.67. The zero-order chi connectivity index (χ0) is 29.5. The molecule has 0 spiro atoms. The fourth-order valence-corrected chi connectivity index (χ4v) is 4.40. The first kappa shape index (κ1) is 26.8. The first-order valence-electron chi connectivity index (χ1n) is 12.9. The van der Waals surface area contributed by atoms with E-state index in [-0.39, 0.29) is 46.0 Å². The lowest BCUT2D eigenvalue weighted by atomic mass is 10.2. The Bertz CT molecular complexity index is 1930. The number of anilines is 2. The fraction of sp³-hybridized carbons (Fsp3) is 0.133.